The third kappa shape index (κ3) is 32.9. The SMILES string of the molecule is COCCCCCCCCCCCC(=O)OC[C@@H](COP(=O)(O)OCC[N+](C)(C)C)OC(=O)CCCCCCCCCCCOC. The molecule has 274 valence electrons. The molecule has 0 aromatic heterocycles. The van der Waals surface area contributed by atoms with E-state index < -0.39 is 26.5 Å². The molecule has 0 saturated heterocycles. The number of hydrogen-bond acceptors (Lipinski definition) is 9. The molecular formula is C34H69NO10P+. The summed E-state index contributed by atoms with van der Waals surface area (Å²) in [5.41, 5.74) is 0. The predicted octanol–water partition coefficient (Wildman–Crippen LogP) is 7.38. The summed E-state index contributed by atoms with van der Waals surface area (Å²) < 4.78 is 44.2. The van der Waals surface area contributed by atoms with Gasteiger partial charge in [0.25, 0.3) is 0 Å². The van der Waals surface area contributed by atoms with Crippen LogP contribution in [0.1, 0.15) is 128 Å². The van der Waals surface area contributed by atoms with Gasteiger partial charge in [-0.15, -0.1) is 0 Å². The number of methoxy groups -OCH3 is 2. The lowest BCUT2D eigenvalue weighted by atomic mass is 10.1. The summed E-state index contributed by atoms with van der Waals surface area (Å²) in [5.74, 6) is -0.829. The molecule has 46 heavy (non-hydrogen) atoms. The molecule has 1 N–H and O–H groups in total. The maximum atomic E-state index is 12.6. The number of phosphoric acid groups is 1. The molecule has 0 bridgehead atoms. The van der Waals surface area contributed by atoms with Gasteiger partial charge in [0.05, 0.1) is 27.7 Å². The fraction of sp³-hybridized carbons (Fsp3) is 0.941. The monoisotopic (exact) mass is 682 g/mol. The molecule has 0 amide bonds. The number of rotatable bonds is 34. The smallest absolute Gasteiger partial charge is 0.462 e. The first-order valence-electron chi connectivity index (χ1n) is 17.7. The first kappa shape index (κ1) is 44.9. The molecule has 0 aliphatic rings. The Bertz CT molecular complexity index is 778. The van der Waals surface area contributed by atoms with E-state index in [1.807, 2.05) is 21.1 Å². The van der Waals surface area contributed by atoms with Crippen molar-refractivity contribution < 1.29 is 51.5 Å². The summed E-state index contributed by atoms with van der Waals surface area (Å²) >= 11 is 0. The second kappa shape index (κ2) is 30.0. The van der Waals surface area contributed by atoms with E-state index in [-0.39, 0.29) is 32.0 Å². The van der Waals surface area contributed by atoms with Crippen molar-refractivity contribution in [2.24, 2.45) is 0 Å². The summed E-state index contributed by atoms with van der Waals surface area (Å²) in [5, 5.41) is 0. The van der Waals surface area contributed by atoms with Crippen LogP contribution >= 0.6 is 7.82 Å². The molecule has 0 spiro atoms. The van der Waals surface area contributed by atoms with Gasteiger partial charge in [-0.1, -0.05) is 89.9 Å². The maximum Gasteiger partial charge on any atom is 0.472 e. The second-order valence-electron chi connectivity index (χ2n) is 13.3. The number of hydrogen-bond donors (Lipinski definition) is 1. The molecule has 0 radical (unpaired) electrons. The van der Waals surface area contributed by atoms with Crippen molar-refractivity contribution in [3.63, 3.8) is 0 Å². The summed E-state index contributed by atoms with van der Waals surface area (Å²) in [6.07, 6.45) is 19.2. The maximum absolute atomic E-state index is 12.6. The van der Waals surface area contributed by atoms with Gasteiger partial charge in [0.1, 0.15) is 19.8 Å². The van der Waals surface area contributed by atoms with E-state index in [4.69, 9.17) is 28.0 Å². The quantitative estimate of drug-likeness (QED) is 0.0318. The van der Waals surface area contributed by atoms with E-state index >= 15 is 0 Å². The van der Waals surface area contributed by atoms with E-state index in [1.165, 1.54) is 51.4 Å². The third-order valence-corrected chi connectivity index (χ3v) is 8.61. The molecule has 1 unspecified atom stereocenters. The van der Waals surface area contributed by atoms with Crippen molar-refractivity contribution in [2.75, 3.05) is 74.9 Å². The largest absolute Gasteiger partial charge is 0.472 e. The van der Waals surface area contributed by atoms with Crippen LogP contribution < -0.4 is 0 Å². The molecule has 2 atom stereocenters. The van der Waals surface area contributed by atoms with Crippen molar-refractivity contribution in [3.05, 3.63) is 0 Å². The van der Waals surface area contributed by atoms with Gasteiger partial charge in [0, 0.05) is 40.3 Å². The highest BCUT2D eigenvalue weighted by Crippen LogP contribution is 2.43. The third-order valence-electron chi connectivity index (χ3n) is 7.63. The van der Waals surface area contributed by atoms with E-state index in [0.717, 1.165) is 71.0 Å². The van der Waals surface area contributed by atoms with Crippen LogP contribution in [-0.4, -0.2) is 102 Å². The van der Waals surface area contributed by atoms with Crippen LogP contribution in [-0.2, 0) is 42.1 Å². The van der Waals surface area contributed by atoms with Crippen molar-refractivity contribution >= 4 is 19.8 Å². The van der Waals surface area contributed by atoms with Gasteiger partial charge in [-0.3, -0.25) is 18.6 Å². The van der Waals surface area contributed by atoms with Crippen molar-refractivity contribution in [2.45, 2.75) is 135 Å². The van der Waals surface area contributed by atoms with Gasteiger partial charge in [-0.05, 0) is 25.7 Å². The first-order chi connectivity index (χ1) is 22.0. The summed E-state index contributed by atoms with van der Waals surface area (Å²) in [6, 6.07) is 0. The number of quaternary nitrogens is 1. The fourth-order valence-corrected chi connectivity index (χ4v) is 5.51. The van der Waals surface area contributed by atoms with E-state index in [1.54, 1.807) is 14.2 Å². The van der Waals surface area contributed by atoms with Gasteiger partial charge < -0.3 is 28.3 Å². The molecule has 12 heteroatoms. The van der Waals surface area contributed by atoms with Crippen LogP contribution in [0.4, 0.5) is 0 Å². The van der Waals surface area contributed by atoms with Gasteiger partial charge in [-0.2, -0.15) is 0 Å². The highest BCUT2D eigenvalue weighted by atomic mass is 31.2. The Kier molecular flexibility index (Phi) is 29.3. The molecule has 0 aromatic carbocycles. The zero-order chi connectivity index (χ0) is 34.4. The number of esters is 2. The van der Waals surface area contributed by atoms with Crippen LogP contribution in [0.5, 0.6) is 0 Å². The Balaban J connectivity index is 4.44. The number of ether oxygens (including phenoxy) is 4. The molecule has 0 aliphatic carbocycles. The standard InChI is InChI=1S/C34H68NO10P/c1-35(2,3)26-29-43-46(38,39)44-31-32(45-34(37)25-21-17-13-9-7-11-15-19-23-28-41-5)30-42-33(36)24-20-16-12-8-6-10-14-18-22-27-40-4/h32H,6-31H2,1-5H3/p+1/t32-/m0/s1. The molecular weight excluding hydrogens is 613 g/mol. The number of likely N-dealkylation sites (N-methyl/N-ethyl adjacent to an activating group) is 1. The van der Waals surface area contributed by atoms with Crippen molar-refractivity contribution in [1.82, 2.24) is 0 Å². The van der Waals surface area contributed by atoms with Gasteiger partial charge in [-0.25, -0.2) is 4.57 Å². The zero-order valence-corrected chi connectivity index (χ0v) is 30.9. The van der Waals surface area contributed by atoms with E-state index in [0.29, 0.717) is 17.4 Å². The molecule has 0 saturated carbocycles. The first-order valence-corrected chi connectivity index (χ1v) is 19.2. The molecule has 0 rings (SSSR count). The Morgan fingerprint density at radius 2 is 1.00 bits per heavy atom. The Morgan fingerprint density at radius 3 is 1.43 bits per heavy atom. The number of carbonyl (C=O) groups excluding carboxylic acids is 2. The predicted molar refractivity (Wildman–Crippen MR) is 182 cm³/mol. The highest BCUT2D eigenvalue weighted by molar-refractivity contribution is 7.47. The lowest BCUT2D eigenvalue weighted by molar-refractivity contribution is -0.870. The van der Waals surface area contributed by atoms with E-state index in [9.17, 15) is 19.0 Å². The normalized spacial score (nSPS) is 13.8. The van der Waals surface area contributed by atoms with Gasteiger partial charge in [0.15, 0.2) is 6.10 Å². The molecule has 0 heterocycles. The summed E-state index contributed by atoms with van der Waals surface area (Å²) in [6.45, 7) is 1.54. The minimum atomic E-state index is -4.37. The van der Waals surface area contributed by atoms with Crippen LogP contribution in [0, 0.1) is 0 Å². The number of unbranched alkanes of at least 4 members (excludes halogenated alkanes) is 16. The molecule has 0 aliphatic heterocycles. The fourth-order valence-electron chi connectivity index (χ4n) is 4.77. The van der Waals surface area contributed by atoms with Crippen molar-refractivity contribution in [1.29, 1.82) is 0 Å². The number of nitrogens with zero attached hydrogens (tertiary/aromatic N) is 1. The Morgan fingerprint density at radius 1 is 0.587 bits per heavy atom. The minimum Gasteiger partial charge on any atom is -0.462 e. The Labute approximate surface area is 280 Å². The number of phosphoric ester groups is 1. The lowest BCUT2D eigenvalue weighted by Gasteiger charge is -2.24. The van der Waals surface area contributed by atoms with Gasteiger partial charge in [0.2, 0.25) is 0 Å². The Hall–Kier alpha value is -1.07. The number of carbonyl (C=O) groups is 2. The minimum absolute atomic E-state index is 0.0267. The topological polar surface area (TPSA) is 127 Å². The van der Waals surface area contributed by atoms with Crippen LogP contribution in [0.25, 0.3) is 0 Å². The molecule has 0 aromatic rings. The average molecular weight is 683 g/mol. The van der Waals surface area contributed by atoms with Crippen LogP contribution in [0.15, 0.2) is 0 Å². The summed E-state index contributed by atoms with van der Waals surface area (Å²) in [4.78, 5) is 35.0. The van der Waals surface area contributed by atoms with Crippen LogP contribution in [0.3, 0.4) is 0 Å². The zero-order valence-electron chi connectivity index (χ0n) is 30.0. The van der Waals surface area contributed by atoms with E-state index in [2.05, 4.69) is 0 Å². The van der Waals surface area contributed by atoms with Crippen molar-refractivity contribution in [3.8, 4) is 0 Å². The second-order valence-corrected chi connectivity index (χ2v) is 14.7. The highest BCUT2D eigenvalue weighted by Gasteiger charge is 2.27. The lowest BCUT2D eigenvalue weighted by Crippen LogP contribution is -2.37. The molecule has 11 nitrogen and oxygen atoms in total. The summed E-state index contributed by atoms with van der Waals surface area (Å²) in [7, 11) is 4.92. The van der Waals surface area contributed by atoms with Crippen LogP contribution in [0.2, 0.25) is 0 Å². The van der Waals surface area contributed by atoms with Gasteiger partial charge >= 0.3 is 19.8 Å². The molecule has 0 fully saturated rings. The average Bonchev–Trinajstić information content (AvgIpc) is 2.99.